The van der Waals surface area contributed by atoms with E-state index in [0.29, 0.717) is 17.0 Å². The maximum absolute atomic E-state index is 14.7. The zero-order valence-electron chi connectivity index (χ0n) is 19.6. The number of aromatic nitrogens is 5. The van der Waals surface area contributed by atoms with E-state index in [9.17, 15) is 18.7 Å². The first-order valence-corrected chi connectivity index (χ1v) is 10.8. The normalized spacial score (nSPS) is 19.0. The van der Waals surface area contributed by atoms with Crippen LogP contribution in [0.25, 0.3) is 17.0 Å². The predicted octanol–water partition coefficient (Wildman–Crippen LogP) is 2.92. The molecule has 0 unspecified atom stereocenters. The van der Waals surface area contributed by atoms with Gasteiger partial charge in [-0.1, -0.05) is 0 Å². The van der Waals surface area contributed by atoms with Gasteiger partial charge in [0.1, 0.15) is 23.1 Å². The van der Waals surface area contributed by atoms with Crippen molar-refractivity contribution in [2.45, 2.75) is 58.0 Å². The first kappa shape index (κ1) is 23.7. The topological polar surface area (TPSA) is 118 Å². The van der Waals surface area contributed by atoms with Gasteiger partial charge in [-0.25, -0.2) is 28.5 Å². The first-order chi connectivity index (χ1) is 15.8. The second-order valence-electron chi connectivity index (χ2n) is 9.75. The van der Waals surface area contributed by atoms with E-state index in [1.165, 1.54) is 17.3 Å². The Bertz CT molecular complexity index is 1220. The molecule has 1 fully saturated rings. The summed E-state index contributed by atoms with van der Waals surface area (Å²) in [5.41, 5.74) is -0.869. The molecule has 0 bridgehead atoms. The number of nitrogens with one attached hydrogen (secondary N) is 1. The molecule has 0 radical (unpaired) electrons. The Labute approximate surface area is 195 Å². The van der Waals surface area contributed by atoms with E-state index in [-0.39, 0.29) is 24.7 Å². The fourth-order valence-corrected chi connectivity index (χ4v) is 3.54. The van der Waals surface area contributed by atoms with Crippen LogP contribution in [-0.4, -0.2) is 71.3 Å². The van der Waals surface area contributed by atoms with Crippen molar-refractivity contribution in [3.05, 3.63) is 36.3 Å². The van der Waals surface area contributed by atoms with Crippen LogP contribution in [0, 0.1) is 5.82 Å². The maximum atomic E-state index is 14.7. The third kappa shape index (κ3) is 4.91. The average molecular weight is 476 g/mol. The molecule has 12 heteroatoms. The molecule has 2 N–H and O–H groups in total. The summed E-state index contributed by atoms with van der Waals surface area (Å²) in [6.07, 6.45) is 3.43. The number of anilines is 1. The van der Waals surface area contributed by atoms with Gasteiger partial charge in [-0.2, -0.15) is 0 Å². The number of fused-ring (bicyclic) bond motifs is 1. The van der Waals surface area contributed by atoms with E-state index >= 15 is 0 Å². The second kappa shape index (κ2) is 8.42. The van der Waals surface area contributed by atoms with Gasteiger partial charge in [0.05, 0.1) is 42.6 Å². The molecule has 3 aromatic heterocycles. The number of carbonyl (C=O) groups excluding carboxylic acids is 1. The molecule has 1 saturated heterocycles. The number of aliphatic hydroxyl groups is 1. The lowest BCUT2D eigenvalue weighted by Crippen LogP contribution is -2.36. The van der Waals surface area contributed by atoms with Crippen LogP contribution in [-0.2, 0) is 10.3 Å². The van der Waals surface area contributed by atoms with Crippen LogP contribution >= 0.6 is 0 Å². The van der Waals surface area contributed by atoms with Gasteiger partial charge in [0.25, 0.3) is 0 Å². The molecule has 0 spiro atoms. The average Bonchev–Trinajstić information content (AvgIpc) is 3.31. The highest BCUT2D eigenvalue weighted by Crippen LogP contribution is 2.26. The van der Waals surface area contributed by atoms with E-state index < -0.39 is 35.3 Å². The third-order valence-corrected chi connectivity index (χ3v) is 5.22. The standard InChI is InChI=1S/C22H27F2N7O3/c1-21(2,3)34-20(32)30-9-13(24)14(10-30)28-19-27-6-12(23)18(29-19)15-7-26-17-8-25-16(11-31(15)17)22(4,5)33/h6-8,11,13-14,33H,9-10H2,1-5H3,(H,27,28,29)/t13-,14-/m0/s1. The Morgan fingerprint density at radius 1 is 1.15 bits per heavy atom. The minimum Gasteiger partial charge on any atom is -0.444 e. The molecular weight excluding hydrogens is 448 g/mol. The fourth-order valence-electron chi connectivity index (χ4n) is 3.54. The van der Waals surface area contributed by atoms with Gasteiger partial charge in [0.15, 0.2) is 11.5 Å². The van der Waals surface area contributed by atoms with Gasteiger partial charge in [0.2, 0.25) is 5.95 Å². The van der Waals surface area contributed by atoms with Gasteiger partial charge < -0.3 is 20.1 Å². The molecule has 1 amide bonds. The minimum absolute atomic E-state index is 0.00167. The summed E-state index contributed by atoms with van der Waals surface area (Å²) in [5.74, 6) is -0.700. The number of hydrogen-bond donors (Lipinski definition) is 2. The highest BCUT2D eigenvalue weighted by Gasteiger charge is 2.38. The molecule has 182 valence electrons. The molecule has 1 aliphatic heterocycles. The number of amides is 1. The van der Waals surface area contributed by atoms with Crippen LogP contribution in [0.15, 0.2) is 24.8 Å². The van der Waals surface area contributed by atoms with Gasteiger partial charge in [0, 0.05) is 12.7 Å². The molecule has 4 heterocycles. The van der Waals surface area contributed by atoms with Gasteiger partial charge in [-0.15, -0.1) is 0 Å². The van der Waals surface area contributed by atoms with Crippen molar-refractivity contribution in [2.24, 2.45) is 0 Å². The Morgan fingerprint density at radius 2 is 1.88 bits per heavy atom. The Kier molecular flexibility index (Phi) is 5.88. The predicted molar refractivity (Wildman–Crippen MR) is 119 cm³/mol. The Morgan fingerprint density at radius 3 is 2.56 bits per heavy atom. The highest BCUT2D eigenvalue weighted by molar-refractivity contribution is 5.69. The van der Waals surface area contributed by atoms with Crippen molar-refractivity contribution in [1.29, 1.82) is 0 Å². The smallest absolute Gasteiger partial charge is 0.410 e. The molecule has 3 aromatic rings. The third-order valence-electron chi connectivity index (χ3n) is 5.22. The zero-order valence-corrected chi connectivity index (χ0v) is 19.6. The van der Waals surface area contributed by atoms with Crippen LogP contribution in [0.3, 0.4) is 0 Å². The van der Waals surface area contributed by atoms with Crippen molar-refractivity contribution in [2.75, 3.05) is 18.4 Å². The maximum Gasteiger partial charge on any atom is 0.410 e. The number of ether oxygens (including phenoxy) is 1. The van der Waals surface area contributed by atoms with Crippen LogP contribution in [0.2, 0.25) is 0 Å². The van der Waals surface area contributed by atoms with Crippen molar-refractivity contribution in [3.8, 4) is 11.4 Å². The van der Waals surface area contributed by atoms with Crippen LogP contribution in [0.1, 0.15) is 40.3 Å². The largest absolute Gasteiger partial charge is 0.444 e. The SMILES string of the molecule is CC(C)(C)OC(=O)N1C[C@H](Nc2ncc(F)c(-c3cnc4cnc(C(C)(C)O)cn34)n2)[C@@H](F)C1. The van der Waals surface area contributed by atoms with E-state index in [2.05, 4.69) is 25.3 Å². The van der Waals surface area contributed by atoms with Crippen LogP contribution in [0.4, 0.5) is 19.5 Å². The summed E-state index contributed by atoms with van der Waals surface area (Å²) in [7, 11) is 0. The Balaban J connectivity index is 1.58. The molecule has 0 saturated carbocycles. The summed E-state index contributed by atoms with van der Waals surface area (Å²) >= 11 is 0. The Hall–Kier alpha value is -3.41. The second-order valence-corrected chi connectivity index (χ2v) is 9.75. The summed E-state index contributed by atoms with van der Waals surface area (Å²) in [5, 5.41) is 13.1. The number of halogens is 2. The molecule has 4 rings (SSSR count). The van der Waals surface area contributed by atoms with Crippen molar-refractivity contribution >= 4 is 17.7 Å². The van der Waals surface area contributed by atoms with E-state index in [1.54, 1.807) is 45.2 Å². The number of carbonyl (C=O) groups is 1. The van der Waals surface area contributed by atoms with E-state index in [0.717, 1.165) is 6.20 Å². The lowest BCUT2D eigenvalue weighted by molar-refractivity contribution is 0.0283. The summed E-state index contributed by atoms with van der Waals surface area (Å²) in [6, 6.07) is -0.793. The molecule has 0 aromatic carbocycles. The number of imidazole rings is 1. The lowest BCUT2D eigenvalue weighted by atomic mass is 10.1. The lowest BCUT2D eigenvalue weighted by Gasteiger charge is -2.24. The quantitative estimate of drug-likeness (QED) is 0.592. The summed E-state index contributed by atoms with van der Waals surface area (Å²) in [6.45, 7) is 8.28. The molecule has 34 heavy (non-hydrogen) atoms. The molecule has 0 aliphatic carbocycles. The van der Waals surface area contributed by atoms with Crippen molar-refractivity contribution in [3.63, 3.8) is 0 Å². The fraction of sp³-hybridized carbons (Fsp3) is 0.500. The summed E-state index contributed by atoms with van der Waals surface area (Å²) in [4.78, 5) is 30.1. The van der Waals surface area contributed by atoms with Crippen molar-refractivity contribution in [1.82, 2.24) is 29.2 Å². The van der Waals surface area contributed by atoms with Crippen molar-refractivity contribution < 1.29 is 23.4 Å². The summed E-state index contributed by atoms with van der Waals surface area (Å²) < 4.78 is 36.2. The first-order valence-electron chi connectivity index (χ1n) is 10.8. The molecule has 2 atom stereocenters. The number of likely N-dealkylation sites (tertiary alicyclic amines) is 1. The zero-order chi connectivity index (χ0) is 24.8. The number of rotatable bonds is 4. The van der Waals surface area contributed by atoms with Gasteiger partial charge in [-0.05, 0) is 34.6 Å². The number of hydrogen-bond acceptors (Lipinski definition) is 8. The number of nitrogens with zero attached hydrogens (tertiary/aromatic N) is 6. The van der Waals surface area contributed by atoms with Crippen LogP contribution in [0.5, 0.6) is 0 Å². The highest BCUT2D eigenvalue weighted by atomic mass is 19.1. The van der Waals surface area contributed by atoms with Crippen LogP contribution < -0.4 is 5.32 Å². The van der Waals surface area contributed by atoms with E-state index in [4.69, 9.17) is 4.74 Å². The van der Waals surface area contributed by atoms with E-state index in [1.807, 2.05) is 0 Å². The minimum atomic E-state index is -1.39. The molecular formula is C22H27F2N7O3. The molecule has 10 nitrogen and oxygen atoms in total. The number of alkyl halides is 1. The van der Waals surface area contributed by atoms with Gasteiger partial charge >= 0.3 is 6.09 Å². The molecule has 1 aliphatic rings. The monoisotopic (exact) mass is 475 g/mol. The van der Waals surface area contributed by atoms with Gasteiger partial charge in [-0.3, -0.25) is 9.38 Å².